The predicted molar refractivity (Wildman–Crippen MR) is 77.3 cm³/mol. The van der Waals surface area contributed by atoms with Crippen molar-refractivity contribution in [1.82, 2.24) is 10.2 Å². The van der Waals surface area contributed by atoms with Gasteiger partial charge in [0, 0.05) is 13.6 Å². The van der Waals surface area contributed by atoms with E-state index in [0.717, 1.165) is 18.2 Å². The molecule has 1 aromatic heterocycles. The van der Waals surface area contributed by atoms with E-state index in [1.165, 1.54) is 17.0 Å². The van der Waals surface area contributed by atoms with Crippen LogP contribution < -0.4 is 5.32 Å². The first-order valence-electron chi connectivity index (χ1n) is 6.40. The second-order valence-electron chi connectivity index (χ2n) is 4.31. The van der Waals surface area contributed by atoms with Gasteiger partial charge in [-0.3, -0.25) is 9.59 Å². The maximum atomic E-state index is 11.8. The number of nitrogens with zero attached hydrogens (tertiary/aromatic N) is 1. The molecule has 1 aromatic rings. The molecule has 0 unspecified atom stereocenters. The van der Waals surface area contributed by atoms with Gasteiger partial charge in [0.05, 0.1) is 12.3 Å². The number of likely N-dealkylation sites (N-methyl/N-ethyl adjacent to an activating group) is 1. The van der Waals surface area contributed by atoms with Gasteiger partial charge in [0.25, 0.3) is 0 Å². The molecule has 7 nitrogen and oxygen atoms in total. The highest BCUT2D eigenvalue weighted by Crippen LogP contribution is 2.21. The van der Waals surface area contributed by atoms with Crippen LogP contribution in [0.3, 0.4) is 0 Å². The van der Waals surface area contributed by atoms with Gasteiger partial charge >= 0.3 is 5.97 Å². The Morgan fingerprint density at radius 3 is 2.67 bits per heavy atom. The van der Waals surface area contributed by atoms with E-state index in [-0.39, 0.29) is 29.9 Å². The number of carbonyl (C=O) groups excluding carboxylic acids is 2. The summed E-state index contributed by atoms with van der Waals surface area (Å²) in [6.45, 7) is 2.53. The fraction of sp³-hybridized carbons (Fsp3) is 0.462. The molecule has 0 aliphatic rings. The molecule has 116 valence electrons. The van der Waals surface area contributed by atoms with Gasteiger partial charge in [-0.15, -0.1) is 0 Å². The summed E-state index contributed by atoms with van der Waals surface area (Å²) in [5.74, 6) is -1.69. The number of hydrogen-bond acceptors (Lipinski definition) is 5. The molecule has 0 aliphatic heterocycles. The molecular weight excluding hydrogens is 296 g/mol. The van der Waals surface area contributed by atoms with Crippen molar-refractivity contribution in [2.75, 3.05) is 25.9 Å². The maximum absolute atomic E-state index is 11.8. The lowest BCUT2D eigenvalue weighted by Gasteiger charge is -2.16. The summed E-state index contributed by atoms with van der Waals surface area (Å²) in [7, 11) is 1.54. The summed E-state index contributed by atoms with van der Waals surface area (Å²) < 4.78 is 5.02. The summed E-state index contributed by atoms with van der Waals surface area (Å²) in [6.07, 6.45) is 0.837. The minimum absolute atomic E-state index is 0.00206. The average Bonchev–Trinajstić information content (AvgIpc) is 2.91. The molecule has 0 spiro atoms. The fourth-order valence-electron chi connectivity index (χ4n) is 1.38. The van der Waals surface area contributed by atoms with Crippen molar-refractivity contribution in [3.05, 3.63) is 17.9 Å². The molecule has 0 radical (unpaired) electrons. The molecule has 0 saturated heterocycles. The number of rotatable bonds is 8. The summed E-state index contributed by atoms with van der Waals surface area (Å²) in [5.41, 5.74) is 0. The highest BCUT2D eigenvalue weighted by Gasteiger charge is 2.15. The van der Waals surface area contributed by atoms with Crippen LogP contribution in [0.15, 0.2) is 21.6 Å². The van der Waals surface area contributed by atoms with E-state index in [4.69, 9.17) is 9.52 Å². The second-order valence-corrected chi connectivity index (χ2v) is 5.29. The van der Waals surface area contributed by atoms with Crippen molar-refractivity contribution in [2.45, 2.75) is 18.4 Å². The number of carbonyl (C=O) groups is 3. The minimum Gasteiger partial charge on any atom is -0.475 e. The van der Waals surface area contributed by atoms with Crippen LogP contribution in [0.4, 0.5) is 0 Å². The molecule has 2 amide bonds. The Balaban J connectivity index is 2.38. The molecule has 1 rings (SSSR count). The molecule has 0 saturated carbocycles. The largest absolute Gasteiger partial charge is 0.475 e. The Kier molecular flexibility index (Phi) is 6.80. The van der Waals surface area contributed by atoms with Gasteiger partial charge in [0.2, 0.25) is 17.6 Å². The zero-order chi connectivity index (χ0) is 15.8. The standard InChI is InChI=1S/C13H18N2O5S/c1-3-6-14-10(16)7-15(2)11(17)8-21-12-5-4-9(20-12)13(18)19/h4-5H,3,6-8H2,1-2H3,(H,14,16)(H,18,19). The molecule has 2 N–H and O–H groups in total. The first-order chi connectivity index (χ1) is 9.93. The van der Waals surface area contributed by atoms with E-state index < -0.39 is 5.97 Å². The van der Waals surface area contributed by atoms with Crippen LogP contribution in [0.2, 0.25) is 0 Å². The summed E-state index contributed by atoms with van der Waals surface area (Å²) in [6, 6.07) is 2.83. The third-order valence-electron chi connectivity index (χ3n) is 2.51. The number of furan rings is 1. The Bertz CT molecular complexity index is 514. The molecule has 0 bridgehead atoms. The van der Waals surface area contributed by atoms with E-state index in [1.807, 2.05) is 6.92 Å². The lowest BCUT2D eigenvalue weighted by Crippen LogP contribution is -2.39. The van der Waals surface area contributed by atoms with E-state index in [0.29, 0.717) is 11.6 Å². The number of carboxylic acid groups (broad SMARTS) is 1. The average molecular weight is 314 g/mol. The minimum atomic E-state index is -1.15. The normalized spacial score (nSPS) is 10.2. The van der Waals surface area contributed by atoms with Crippen LogP contribution >= 0.6 is 11.8 Å². The number of carboxylic acids is 1. The molecule has 8 heteroatoms. The zero-order valence-electron chi connectivity index (χ0n) is 11.9. The van der Waals surface area contributed by atoms with Gasteiger partial charge in [-0.2, -0.15) is 0 Å². The smallest absolute Gasteiger partial charge is 0.371 e. The van der Waals surface area contributed by atoms with Crippen LogP contribution in [0.25, 0.3) is 0 Å². The Morgan fingerprint density at radius 2 is 2.10 bits per heavy atom. The fourth-order valence-corrected chi connectivity index (χ4v) is 2.18. The number of aromatic carboxylic acids is 1. The van der Waals surface area contributed by atoms with Crippen molar-refractivity contribution in [1.29, 1.82) is 0 Å². The quantitative estimate of drug-likeness (QED) is 0.696. The maximum Gasteiger partial charge on any atom is 0.371 e. The summed E-state index contributed by atoms with van der Waals surface area (Å²) in [5, 5.41) is 11.7. The lowest BCUT2D eigenvalue weighted by atomic mass is 10.4. The third kappa shape index (κ3) is 5.90. The van der Waals surface area contributed by atoms with E-state index >= 15 is 0 Å². The first-order valence-corrected chi connectivity index (χ1v) is 7.39. The van der Waals surface area contributed by atoms with E-state index in [9.17, 15) is 14.4 Å². The number of nitrogens with one attached hydrogen (secondary N) is 1. The van der Waals surface area contributed by atoms with Crippen molar-refractivity contribution in [2.24, 2.45) is 0 Å². The van der Waals surface area contributed by atoms with Crippen molar-refractivity contribution < 1.29 is 23.9 Å². The SMILES string of the molecule is CCCNC(=O)CN(C)C(=O)CSc1ccc(C(=O)O)o1. The lowest BCUT2D eigenvalue weighted by molar-refractivity contribution is -0.132. The number of hydrogen-bond donors (Lipinski definition) is 2. The predicted octanol–water partition coefficient (Wildman–Crippen LogP) is 1.05. The molecule has 0 atom stereocenters. The highest BCUT2D eigenvalue weighted by atomic mass is 32.2. The molecular formula is C13H18N2O5S. The van der Waals surface area contributed by atoms with Gasteiger partial charge in [0.15, 0.2) is 5.09 Å². The Morgan fingerprint density at radius 1 is 1.38 bits per heavy atom. The molecule has 21 heavy (non-hydrogen) atoms. The second kappa shape index (κ2) is 8.35. The first kappa shape index (κ1) is 17.1. The van der Waals surface area contributed by atoms with Crippen molar-refractivity contribution >= 4 is 29.5 Å². The number of amides is 2. The Labute approximate surface area is 126 Å². The van der Waals surface area contributed by atoms with Gasteiger partial charge in [-0.25, -0.2) is 4.79 Å². The van der Waals surface area contributed by atoms with E-state index in [1.54, 1.807) is 7.05 Å². The zero-order valence-corrected chi connectivity index (χ0v) is 12.7. The van der Waals surface area contributed by atoms with Crippen LogP contribution in [0.5, 0.6) is 0 Å². The van der Waals surface area contributed by atoms with Gasteiger partial charge in [-0.1, -0.05) is 18.7 Å². The van der Waals surface area contributed by atoms with Gasteiger partial charge < -0.3 is 19.7 Å². The summed E-state index contributed by atoms with van der Waals surface area (Å²) in [4.78, 5) is 35.3. The third-order valence-corrected chi connectivity index (χ3v) is 3.40. The van der Waals surface area contributed by atoms with Crippen molar-refractivity contribution in [3.63, 3.8) is 0 Å². The van der Waals surface area contributed by atoms with Gasteiger partial charge in [0.1, 0.15) is 0 Å². The topological polar surface area (TPSA) is 99.9 Å². The van der Waals surface area contributed by atoms with Gasteiger partial charge in [-0.05, 0) is 18.6 Å². The highest BCUT2D eigenvalue weighted by molar-refractivity contribution is 7.99. The molecule has 0 aromatic carbocycles. The summed E-state index contributed by atoms with van der Waals surface area (Å²) >= 11 is 1.09. The van der Waals surface area contributed by atoms with Crippen molar-refractivity contribution in [3.8, 4) is 0 Å². The van der Waals surface area contributed by atoms with E-state index in [2.05, 4.69) is 5.32 Å². The van der Waals surface area contributed by atoms with Crippen LogP contribution in [-0.4, -0.2) is 53.7 Å². The molecule has 0 aliphatic carbocycles. The van der Waals surface area contributed by atoms with Crippen LogP contribution in [-0.2, 0) is 9.59 Å². The monoisotopic (exact) mass is 314 g/mol. The number of thioether (sulfide) groups is 1. The van der Waals surface area contributed by atoms with Crippen LogP contribution in [0, 0.1) is 0 Å². The van der Waals surface area contributed by atoms with Crippen LogP contribution in [0.1, 0.15) is 23.9 Å². The molecule has 0 fully saturated rings. The Hall–Kier alpha value is -1.96. The molecule has 1 heterocycles.